The van der Waals surface area contributed by atoms with Gasteiger partial charge in [-0.15, -0.1) is 0 Å². The Labute approximate surface area is 150 Å². The molecule has 0 aliphatic carbocycles. The number of rotatable bonds is 5. The van der Waals surface area contributed by atoms with Crippen molar-refractivity contribution in [1.29, 1.82) is 0 Å². The fourth-order valence-corrected chi connectivity index (χ4v) is 2.71. The van der Waals surface area contributed by atoms with Gasteiger partial charge in [-0.3, -0.25) is 0 Å². The fraction of sp³-hybridized carbons (Fsp3) is 0.158. The number of esters is 1. The smallest absolute Gasteiger partial charge is 0.338 e. The highest BCUT2D eigenvalue weighted by atomic mass is 35.5. The van der Waals surface area contributed by atoms with E-state index in [0.717, 1.165) is 11.4 Å². The van der Waals surface area contributed by atoms with Gasteiger partial charge in [-0.2, -0.15) is 5.10 Å². The van der Waals surface area contributed by atoms with Crippen molar-refractivity contribution in [3.8, 4) is 11.4 Å². The summed E-state index contributed by atoms with van der Waals surface area (Å²) in [5.74, 6) is 0.255. The largest absolute Gasteiger partial charge is 0.497 e. The number of ether oxygens (including phenoxy) is 2. The number of methoxy groups -OCH3 is 1. The van der Waals surface area contributed by atoms with Crippen LogP contribution in [0.1, 0.15) is 21.6 Å². The van der Waals surface area contributed by atoms with Crippen molar-refractivity contribution in [3.05, 3.63) is 76.6 Å². The highest BCUT2D eigenvalue weighted by molar-refractivity contribution is 6.30. The maximum atomic E-state index is 12.2. The van der Waals surface area contributed by atoms with Crippen LogP contribution in [0.5, 0.6) is 5.75 Å². The summed E-state index contributed by atoms with van der Waals surface area (Å²) in [5.41, 5.74) is 2.71. The molecule has 25 heavy (non-hydrogen) atoms. The third-order valence-electron chi connectivity index (χ3n) is 3.80. The summed E-state index contributed by atoms with van der Waals surface area (Å²) in [6.07, 6.45) is 0. The summed E-state index contributed by atoms with van der Waals surface area (Å²) in [6.45, 7) is 1.89. The summed E-state index contributed by atoms with van der Waals surface area (Å²) in [7, 11) is 1.57. The minimum absolute atomic E-state index is 0.0579. The zero-order chi connectivity index (χ0) is 17.8. The van der Waals surface area contributed by atoms with E-state index >= 15 is 0 Å². The predicted molar refractivity (Wildman–Crippen MR) is 95.4 cm³/mol. The van der Waals surface area contributed by atoms with Crippen LogP contribution < -0.4 is 4.74 Å². The zero-order valence-electron chi connectivity index (χ0n) is 13.9. The molecule has 0 bridgehead atoms. The lowest BCUT2D eigenvalue weighted by Crippen LogP contribution is -2.05. The third kappa shape index (κ3) is 3.67. The summed E-state index contributed by atoms with van der Waals surface area (Å²) >= 11 is 6.43. The van der Waals surface area contributed by atoms with Crippen molar-refractivity contribution >= 4 is 17.6 Å². The predicted octanol–water partition coefficient (Wildman–Crippen LogP) is 4.20. The van der Waals surface area contributed by atoms with Crippen molar-refractivity contribution < 1.29 is 14.3 Å². The van der Waals surface area contributed by atoms with E-state index in [1.165, 1.54) is 0 Å². The summed E-state index contributed by atoms with van der Waals surface area (Å²) < 4.78 is 12.1. The average molecular weight is 357 g/mol. The molecular weight excluding hydrogens is 340 g/mol. The van der Waals surface area contributed by atoms with Gasteiger partial charge in [0.1, 0.15) is 17.5 Å². The topological polar surface area (TPSA) is 53.4 Å². The van der Waals surface area contributed by atoms with E-state index in [9.17, 15) is 4.79 Å². The van der Waals surface area contributed by atoms with E-state index in [0.29, 0.717) is 22.0 Å². The number of hydrogen-bond donors (Lipinski definition) is 0. The minimum atomic E-state index is -0.425. The Balaban J connectivity index is 1.75. The molecule has 0 N–H and O–H groups in total. The van der Waals surface area contributed by atoms with Gasteiger partial charge in [0.05, 0.1) is 24.1 Å². The van der Waals surface area contributed by atoms with Crippen LogP contribution in [0.15, 0.2) is 54.6 Å². The highest BCUT2D eigenvalue weighted by Gasteiger charge is 2.17. The Bertz CT molecular complexity index is 874. The molecule has 0 saturated carbocycles. The SMILES string of the molecule is COc1ccc(C(=O)OCc2c(C)nn(-c3ccccc3)c2Cl)cc1. The molecule has 3 rings (SSSR count). The number of nitrogens with zero attached hydrogens (tertiary/aromatic N) is 2. The first kappa shape index (κ1) is 17.0. The molecule has 2 aromatic carbocycles. The minimum Gasteiger partial charge on any atom is -0.497 e. The second-order valence-electron chi connectivity index (χ2n) is 5.41. The molecule has 0 unspecified atom stereocenters. The van der Waals surface area contributed by atoms with Gasteiger partial charge in [-0.1, -0.05) is 29.8 Å². The lowest BCUT2D eigenvalue weighted by atomic mass is 10.2. The van der Waals surface area contributed by atoms with Crippen molar-refractivity contribution in [1.82, 2.24) is 9.78 Å². The second kappa shape index (κ2) is 7.40. The highest BCUT2D eigenvalue weighted by Crippen LogP contribution is 2.24. The average Bonchev–Trinajstić information content (AvgIpc) is 2.94. The number of carbonyl (C=O) groups excluding carboxylic acids is 1. The Morgan fingerprint density at radius 2 is 1.80 bits per heavy atom. The lowest BCUT2D eigenvalue weighted by molar-refractivity contribution is 0.0472. The molecule has 3 aromatic rings. The van der Waals surface area contributed by atoms with Crippen molar-refractivity contribution in [2.45, 2.75) is 13.5 Å². The number of carbonyl (C=O) groups is 1. The van der Waals surface area contributed by atoms with Crippen LogP contribution in [0.2, 0.25) is 5.15 Å². The molecule has 6 heteroatoms. The first-order chi connectivity index (χ1) is 12.1. The fourth-order valence-electron chi connectivity index (χ4n) is 2.38. The Hall–Kier alpha value is -2.79. The van der Waals surface area contributed by atoms with E-state index in [-0.39, 0.29) is 6.61 Å². The second-order valence-corrected chi connectivity index (χ2v) is 5.76. The first-order valence-corrected chi connectivity index (χ1v) is 8.08. The molecule has 1 aromatic heterocycles. The van der Waals surface area contributed by atoms with Gasteiger partial charge in [0, 0.05) is 5.56 Å². The molecule has 0 radical (unpaired) electrons. The number of benzene rings is 2. The van der Waals surface area contributed by atoms with E-state index < -0.39 is 5.97 Å². The molecule has 0 aliphatic rings. The number of halogens is 1. The van der Waals surface area contributed by atoms with E-state index in [1.54, 1.807) is 36.1 Å². The van der Waals surface area contributed by atoms with Crippen LogP contribution >= 0.6 is 11.6 Å². The normalized spacial score (nSPS) is 10.5. The van der Waals surface area contributed by atoms with Gasteiger partial charge in [-0.05, 0) is 43.3 Å². The molecule has 1 heterocycles. The van der Waals surface area contributed by atoms with Crippen LogP contribution in [-0.4, -0.2) is 22.9 Å². The number of hydrogen-bond acceptors (Lipinski definition) is 4. The third-order valence-corrected chi connectivity index (χ3v) is 4.18. The van der Waals surface area contributed by atoms with Crippen LogP contribution in [0, 0.1) is 6.92 Å². The molecular formula is C19H17ClN2O3. The molecule has 0 fully saturated rings. The van der Waals surface area contributed by atoms with Gasteiger partial charge in [-0.25, -0.2) is 9.48 Å². The van der Waals surface area contributed by atoms with Gasteiger partial charge < -0.3 is 9.47 Å². The van der Waals surface area contributed by atoms with Crippen molar-refractivity contribution in [2.24, 2.45) is 0 Å². The molecule has 5 nitrogen and oxygen atoms in total. The molecule has 0 saturated heterocycles. The van der Waals surface area contributed by atoms with Gasteiger partial charge in [0.25, 0.3) is 0 Å². The van der Waals surface area contributed by atoms with Crippen LogP contribution in [-0.2, 0) is 11.3 Å². The zero-order valence-corrected chi connectivity index (χ0v) is 14.7. The van der Waals surface area contributed by atoms with Crippen molar-refractivity contribution in [2.75, 3.05) is 7.11 Å². The Morgan fingerprint density at radius 3 is 2.44 bits per heavy atom. The molecule has 0 spiro atoms. The number of aromatic nitrogens is 2. The Morgan fingerprint density at radius 1 is 1.12 bits per heavy atom. The van der Waals surface area contributed by atoms with Crippen LogP contribution in [0.4, 0.5) is 0 Å². The van der Waals surface area contributed by atoms with E-state index in [4.69, 9.17) is 21.1 Å². The summed E-state index contributed by atoms with van der Waals surface area (Å²) in [4.78, 5) is 12.2. The lowest BCUT2D eigenvalue weighted by Gasteiger charge is -2.06. The van der Waals surface area contributed by atoms with Crippen LogP contribution in [0.25, 0.3) is 5.69 Å². The number of para-hydroxylation sites is 1. The maximum absolute atomic E-state index is 12.2. The maximum Gasteiger partial charge on any atom is 0.338 e. The monoisotopic (exact) mass is 356 g/mol. The molecule has 128 valence electrons. The van der Waals surface area contributed by atoms with E-state index in [2.05, 4.69) is 5.10 Å². The molecule has 0 amide bonds. The van der Waals surface area contributed by atoms with E-state index in [1.807, 2.05) is 37.3 Å². The molecule has 0 aliphatic heterocycles. The van der Waals surface area contributed by atoms with Crippen molar-refractivity contribution in [3.63, 3.8) is 0 Å². The van der Waals surface area contributed by atoms with Gasteiger partial charge >= 0.3 is 5.97 Å². The van der Waals surface area contributed by atoms with Crippen LogP contribution in [0.3, 0.4) is 0 Å². The quantitative estimate of drug-likeness (QED) is 0.643. The van der Waals surface area contributed by atoms with Gasteiger partial charge in [0.15, 0.2) is 0 Å². The number of aryl methyl sites for hydroxylation is 1. The summed E-state index contributed by atoms with van der Waals surface area (Å²) in [5, 5.41) is 4.87. The molecule has 0 atom stereocenters. The summed E-state index contributed by atoms with van der Waals surface area (Å²) in [6, 6.07) is 16.3. The van der Waals surface area contributed by atoms with Gasteiger partial charge in [0.2, 0.25) is 0 Å². The standard InChI is InChI=1S/C19H17ClN2O3/c1-13-17(18(20)22(21-13)15-6-4-3-5-7-15)12-25-19(23)14-8-10-16(24-2)11-9-14/h3-11H,12H2,1-2H3. The first-order valence-electron chi connectivity index (χ1n) is 7.70. The Kier molecular flexibility index (Phi) is 5.05.